The molecule has 16 nitrogen and oxygen atoms in total. The monoisotopic (exact) mass is 1180 g/mol. The van der Waals surface area contributed by atoms with Gasteiger partial charge >= 0.3 is 23.9 Å². The van der Waals surface area contributed by atoms with Crippen LogP contribution in [-0.4, -0.2) is 118 Å². The summed E-state index contributed by atoms with van der Waals surface area (Å²) in [6.45, 7) is 26.4. The zero-order chi connectivity index (χ0) is 60.6. The number of carbonyl (C=O) groups is 6. The summed E-state index contributed by atoms with van der Waals surface area (Å²) in [7, 11) is -5.86. The molecule has 3 aliphatic carbocycles. The van der Waals surface area contributed by atoms with Crippen molar-refractivity contribution >= 4 is 52.2 Å². The van der Waals surface area contributed by atoms with Crippen LogP contribution < -0.4 is 10.1 Å². The summed E-state index contributed by atoms with van der Waals surface area (Å²) in [5, 5.41) is 17.9. The van der Waals surface area contributed by atoms with Gasteiger partial charge in [0.1, 0.15) is 29.7 Å². The van der Waals surface area contributed by atoms with Crippen molar-refractivity contribution in [1.82, 2.24) is 5.32 Å². The molecule has 4 bridgehead atoms. The van der Waals surface area contributed by atoms with Gasteiger partial charge in [0.2, 0.25) is 8.32 Å². The number of aliphatic hydroxyl groups is 1. The number of ketones is 1. The second-order valence-electron chi connectivity index (χ2n) is 25.1. The number of amides is 1. The quantitative estimate of drug-likeness (QED) is 0.0628. The molecule has 3 aromatic carbocycles. The molecule has 2 N–H and O–H groups in total. The normalized spacial score (nSPS) is 30.5. The molecule has 11 atom stereocenters. The number of nitrogens with one attached hydrogen (secondary N) is 1. The number of para-hydroxylation sites is 1. The Morgan fingerprint density at radius 1 is 0.795 bits per heavy atom. The van der Waals surface area contributed by atoms with Crippen LogP contribution in [0.2, 0.25) is 34.8 Å². The first-order chi connectivity index (χ1) is 39.2. The van der Waals surface area contributed by atoms with Crippen LogP contribution >= 0.6 is 0 Å². The van der Waals surface area contributed by atoms with Crippen LogP contribution in [0.4, 0.5) is 0 Å². The summed E-state index contributed by atoms with van der Waals surface area (Å²) >= 11 is 0. The van der Waals surface area contributed by atoms with Gasteiger partial charge in [0.25, 0.3) is 5.91 Å². The molecule has 3 fully saturated rings. The molecule has 1 spiro atoms. The fraction of sp³-hybridized carbons (Fsp3) is 0.569. The van der Waals surface area contributed by atoms with Gasteiger partial charge in [-0.3, -0.25) is 14.4 Å². The number of esters is 4. The van der Waals surface area contributed by atoms with E-state index < -0.39 is 129 Å². The summed E-state index contributed by atoms with van der Waals surface area (Å²) in [4.78, 5) is 91.7. The number of ether oxygens (including phenoxy) is 6. The standard InChI is InChI=1S/C65H87NO15Si2/c1-15-82(16-2,17-3)80-49-36-50-64(38-75-50)56-58(78-60(71)45-30-22-19-23-31-45)65(73)37-48(42(10)52(62(65,12)13)54(76-43(11)67)57(69)63(49,56)14)77-61(72)55(81-83(39(4)5,40(6)7)41(8)9)53(66-59(70)44-28-20-18-21-29-44)46-32-24-25-33-47(46)74-35-27-26-34-51(68)79-64/h18-26,28-34,39-41,48-50,53-56,58,73H,15-17,27,35-38H2,1-14H3,(H,66,70)/b34-26+/t48-,49-,50+,53-,54+,55+,56-,58-,63+,64-,65+/m0/s1. The van der Waals surface area contributed by atoms with Crippen molar-refractivity contribution in [3.05, 3.63) is 125 Å². The molecular formula is C65H87NO15Si2. The van der Waals surface area contributed by atoms with E-state index >= 15 is 14.4 Å². The first kappa shape index (κ1) is 63.3. The molecule has 1 amide bonds. The minimum Gasteiger partial charge on any atom is -0.493 e. The Morgan fingerprint density at radius 3 is 1.95 bits per heavy atom. The molecule has 2 aliphatic heterocycles. The van der Waals surface area contributed by atoms with Crippen LogP contribution in [0.3, 0.4) is 0 Å². The molecule has 83 heavy (non-hydrogen) atoms. The lowest BCUT2D eigenvalue weighted by Crippen LogP contribution is -2.82. The Kier molecular flexibility index (Phi) is 18.8. The highest BCUT2D eigenvalue weighted by atomic mass is 28.4. The van der Waals surface area contributed by atoms with Gasteiger partial charge in [-0.15, -0.1) is 0 Å². The third-order valence-electron chi connectivity index (χ3n) is 19.6. The van der Waals surface area contributed by atoms with E-state index in [9.17, 15) is 19.5 Å². The lowest BCUT2D eigenvalue weighted by molar-refractivity contribution is -0.344. The maximum atomic E-state index is 16.9. The largest absolute Gasteiger partial charge is 0.493 e. The molecule has 0 unspecified atom stereocenters. The predicted octanol–water partition coefficient (Wildman–Crippen LogP) is 11.3. The van der Waals surface area contributed by atoms with Gasteiger partial charge in [0.15, 0.2) is 31.9 Å². The van der Waals surface area contributed by atoms with Crippen LogP contribution in [-0.2, 0) is 51.7 Å². The van der Waals surface area contributed by atoms with Crippen molar-refractivity contribution in [3.8, 4) is 5.75 Å². The van der Waals surface area contributed by atoms with Gasteiger partial charge in [-0.2, -0.15) is 0 Å². The third-order valence-corrected chi connectivity index (χ3v) is 30.4. The molecule has 2 heterocycles. The van der Waals surface area contributed by atoms with Crippen molar-refractivity contribution in [2.75, 3.05) is 13.2 Å². The predicted molar refractivity (Wildman–Crippen MR) is 317 cm³/mol. The van der Waals surface area contributed by atoms with Crippen LogP contribution in [0.1, 0.15) is 149 Å². The molecule has 8 rings (SSSR count). The Bertz CT molecular complexity index is 2930. The summed E-state index contributed by atoms with van der Waals surface area (Å²) in [5.74, 6) is -5.68. The molecule has 450 valence electrons. The van der Waals surface area contributed by atoms with Crippen LogP contribution in [0.15, 0.2) is 108 Å². The summed E-state index contributed by atoms with van der Waals surface area (Å²) in [6, 6.07) is 24.7. The molecule has 18 heteroatoms. The molecule has 3 aromatic rings. The second-order valence-corrected chi connectivity index (χ2v) is 35.2. The maximum absolute atomic E-state index is 16.9. The smallest absolute Gasteiger partial charge is 0.338 e. The minimum atomic E-state index is -3.16. The Hall–Kier alpha value is -5.77. The molecule has 0 radical (unpaired) electrons. The van der Waals surface area contributed by atoms with E-state index in [2.05, 4.69) is 67.6 Å². The third kappa shape index (κ3) is 11.3. The van der Waals surface area contributed by atoms with Gasteiger partial charge in [0, 0.05) is 42.4 Å². The lowest BCUT2D eigenvalue weighted by Gasteiger charge is -2.68. The zero-order valence-corrected chi connectivity index (χ0v) is 52.9. The van der Waals surface area contributed by atoms with Crippen LogP contribution in [0.5, 0.6) is 5.75 Å². The highest BCUT2D eigenvalue weighted by Gasteiger charge is 2.79. The van der Waals surface area contributed by atoms with E-state index in [0.29, 0.717) is 40.6 Å². The Balaban J connectivity index is 1.45. The number of hydrogen-bond donors (Lipinski definition) is 2. The minimum absolute atomic E-state index is 0.0355. The second kappa shape index (κ2) is 24.7. The van der Waals surface area contributed by atoms with Crippen molar-refractivity contribution in [1.29, 1.82) is 0 Å². The van der Waals surface area contributed by atoms with Gasteiger partial charge < -0.3 is 47.7 Å². The fourth-order valence-electron chi connectivity index (χ4n) is 14.9. The fourth-order valence-corrected chi connectivity index (χ4v) is 23.4. The average Bonchev–Trinajstić information content (AvgIpc) is 0.716. The first-order valence-corrected chi connectivity index (χ1v) is 34.5. The van der Waals surface area contributed by atoms with E-state index in [0.717, 1.165) is 0 Å². The van der Waals surface area contributed by atoms with Crippen molar-refractivity contribution < 1.29 is 71.1 Å². The van der Waals surface area contributed by atoms with Crippen LogP contribution in [0.25, 0.3) is 0 Å². The van der Waals surface area contributed by atoms with Crippen molar-refractivity contribution in [2.24, 2.45) is 16.7 Å². The highest BCUT2D eigenvalue weighted by Crippen LogP contribution is 2.65. The number of benzene rings is 3. The van der Waals surface area contributed by atoms with Gasteiger partial charge in [-0.1, -0.05) is 137 Å². The summed E-state index contributed by atoms with van der Waals surface area (Å²) in [5.41, 5.74) is -6.67. The van der Waals surface area contributed by atoms with Gasteiger partial charge in [-0.05, 0) is 96.5 Å². The van der Waals surface area contributed by atoms with E-state index in [1.54, 1.807) is 119 Å². The molecule has 5 aliphatic rings. The van der Waals surface area contributed by atoms with Crippen molar-refractivity contribution in [2.45, 2.75) is 205 Å². The van der Waals surface area contributed by atoms with Crippen LogP contribution in [0, 0.1) is 16.7 Å². The highest BCUT2D eigenvalue weighted by molar-refractivity contribution is 6.77. The maximum Gasteiger partial charge on any atom is 0.338 e. The lowest BCUT2D eigenvalue weighted by atomic mass is 9.44. The van der Waals surface area contributed by atoms with E-state index in [-0.39, 0.29) is 53.8 Å². The number of fused-ring (bicyclic) bond motifs is 3. The molecule has 1 saturated heterocycles. The summed E-state index contributed by atoms with van der Waals surface area (Å²) in [6.07, 6.45) is -5.86. The van der Waals surface area contributed by atoms with E-state index in [4.69, 9.17) is 37.3 Å². The molecular weight excluding hydrogens is 1090 g/mol. The average molecular weight is 1180 g/mol. The zero-order valence-electron chi connectivity index (χ0n) is 50.9. The van der Waals surface area contributed by atoms with Gasteiger partial charge in [-0.25, -0.2) is 14.4 Å². The van der Waals surface area contributed by atoms with E-state index in [1.165, 1.54) is 13.0 Å². The van der Waals surface area contributed by atoms with Crippen molar-refractivity contribution in [3.63, 3.8) is 0 Å². The Labute approximate surface area is 492 Å². The number of hydrogen-bond acceptors (Lipinski definition) is 15. The Morgan fingerprint density at radius 2 is 1.39 bits per heavy atom. The number of carbonyl (C=O) groups excluding carboxylic acids is 6. The van der Waals surface area contributed by atoms with E-state index in [1.807, 2.05) is 0 Å². The first-order valence-electron chi connectivity index (χ1n) is 29.8. The SMILES string of the molecule is CC[Si](CC)(CC)O[C@H]1C[C@H]2OC[C@]23OC(=O)/C=C/CCOc2ccccc2[C@H](NC(=O)c2ccccc2)[C@@H](O[Si](C(C)C)(C(C)C)C(C)C)C(=O)O[C@H]2C[C@@]4(O)[C@@H](OC(=O)c5ccccc5)[C@H]3[C@]1(C)C(=O)[C@H](OC(C)=O)C(=C2C)C4(C)C. The molecule has 0 aromatic heterocycles. The topological polar surface area (TPSA) is 209 Å². The number of rotatable bonds is 15. The van der Waals surface area contributed by atoms with Gasteiger partial charge in [0.05, 0.1) is 42.3 Å². The number of Topliss-reactive ketones (excluding diaryl/α,β-unsaturated/α-hetero) is 1. The summed E-state index contributed by atoms with van der Waals surface area (Å²) < 4.78 is 55.0. The molecule has 2 saturated carbocycles.